The average Bonchev–Trinajstić information content (AvgIpc) is 2.87. The van der Waals surface area contributed by atoms with E-state index in [1.165, 1.54) is 12.1 Å². The summed E-state index contributed by atoms with van der Waals surface area (Å²) in [6.07, 6.45) is 0.518. The van der Waals surface area contributed by atoms with Gasteiger partial charge in [0.15, 0.2) is 6.10 Å². The SMILES string of the molecule is CC[C@@H](Oc1ccc2c(c1)[C@@H](c1ccc(F)cc1)N(C(=O)C(C)(C)C)CC2)C(=O)Nc1ccc(C)cc1. The molecular weight excluding hydrogens is 467 g/mol. The number of fused-ring (bicyclic) bond motifs is 1. The van der Waals surface area contributed by atoms with Crippen molar-refractivity contribution in [3.63, 3.8) is 0 Å². The minimum atomic E-state index is -0.681. The van der Waals surface area contributed by atoms with Gasteiger partial charge in [-0.05, 0) is 72.9 Å². The summed E-state index contributed by atoms with van der Waals surface area (Å²) in [6, 6.07) is 19.4. The molecule has 6 heteroatoms. The molecule has 1 aliphatic rings. The van der Waals surface area contributed by atoms with Gasteiger partial charge in [-0.2, -0.15) is 0 Å². The maximum Gasteiger partial charge on any atom is 0.265 e. The molecule has 194 valence electrons. The second-order valence-corrected chi connectivity index (χ2v) is 10.7. The van der Waals surface area contributed by atoms with Gasteiger partial charge in [-0.3, -0.25) is 9.59 Å². The Kier molecular flexibility index (Phi) is 7.67. The molecule has 2 amide bonds. The van der Waals surface area contributed by atoms with Gasteiger partial charge in [0, 0.05) is 17.6 Å². The molecular formula is C31H35FN2O3. The molecule has 0 radical (unpaired) electrons. The van der Waals surface area contributed by atoms with E-state index in [0.717, 1.165) is 27.9 Å². The van der Waals surface area contributed by atoms with Crippen LogP contribution in [0.25, 0.3) is 0 Å². The standard InChI is InChI=1S/C31H35FN2O3/c1-6-27(29(35)33-24-14-7-20(2)8-15-24)37-25-16-11-21-17-18-34(30(36)31(3,4)5)28(26(21)19-25)22-9-12-23(32)13-10-22/h7-16,19,27-28H,6,17-18H2,1-5H3,(H,33,35)/t27-,28-/m1/s1. The highest BCUT2D eigenvalue weighted by Crippen LogP contribution is 2.39. The van der Waals surface area contributed by atoms with Crippen LogP contribution < -0.4 is 10.1 Å². The molecule has 0 saturated carbocycles. The van der Waals surface area contributed by atoms with Gasteiger partial charge < -0.3 is 15.0 Å². The number of carbonyl (C=O) groups is 2. The third-order valence-electron chi connectivity index (χ3n) is 6.69. The van der Waals surface area contributed by atoms with Crippen LogP contribution in [0.1, 0.15) is 62.4 Å². The lowest BCUT2D eigenvalue weighted by Gasteiger charge is -2.41. The molecule has 2 atom stereocenters. The third kappa shape index (κ3) is 6.01. The van der Waals surface area contributed by atoms with Crippen LogP contribution >= 0.6 is 0 Å². The Morgan fingerprint density at radius 2 is 1.73 bits per heavy atom. The van der Waals surface area contributed by atoms with Crippen molar-refractivity contribution in [3.8, 4) is 5.75 Å². The predicted octanol–water partition coefficient (Wildman–Crippen LogP) is 6.45. The van der Waals surface area contributed by atoms with E-state index in [4.69, 9.17) is 4.74 Å². The number of ether oxygens (including phenoxy) is 1. The lowest BCUT2D eigenvalue weighted by atomic mass is 9.85. The number of nitrogens with zero attached hydrogens (tertiary/aromatic N) is 1. The van der Waals surface area contributed by atoms with Gasteiger partial charge in [0.05, 0.1) is 6.04 Å². The van der Waals surface area contributed by atoms with Crippen LogP contribution in [-0.4, -0.2) is 29.4 Å². The van der Waals surface area contributed by atoms with E-state index < -0.39 is 11.5 Å². The summed E-state index contributed by atoms with van der Waals surface area (Å²) in [5.41, 5.74) is 4.14. The van der Waals surface area contributed by atoms with Gasteiger partial charge in [-0.25, -0.2) is 4.39 Å². The number of benzene rings is 3. The Morgan fingerprint density at radius 3 is 2.35 bits per heavy atom. The Balaban J connectivity index is 1.65. The molecule has 1 N–H and O–H groups in total. The number of rotatable bonds is 6. The van der Waals surface area contributed by atoms with Gasteiger partial charge in [0.1, 0.15) is 11.6 Å². The van der Waals surface area contributed by atoms with E-state index in [0.29, 0.717) is 25.1 Å². The van der Waals surface area contributed by atoms with Gasteiger partial charge in [-0.1, -0.05) is 63.6 Å². The Hall–Kier alpha value is -3.67. The first-order valence-corrected chi connectivity index (χ1v) is 12.8. The van der Waals surface area contributed by atoms with Crippen LogP contribution in [0, 0.1) is 18.2 Å². The first kappa shape index (κ1) is 26.4. The Bertz CT molecular complexity index is 1260. The fraction of sp³-hybridized carbons (Fsp3) is 0.355. The van der Waals surface area contributed by atoms with E-state index in [2.05, 4.69) is 5.32 Å². The number of carbonyl (C=O) groups excluding carboxylic acids is 2. The van der Waals surface area contributed by atoms with Crippen LogP contribution in [0.2, 0.25) is 0 Å². The molecule has 0 aromatic heterocycles. The van der Waals surface area contributed by atoms with Crippen molar-refractivity contribution in [2.24, 2.45) is 5.41 Å². The minimum absolute atomic E-state index is 0.0303. The number of hydrogen-bond acceptors (Lipinski definition) is 3. The summed E-state index contributed by atoms with van der Waals surface area (Å²) in [5, 5.41) is 2.93. The number of halogens is 1. The zero-order valence-electron chi connectivity index (χ0n) is 22.2. The molecule has 3 aromatic carbocycles. The smallest absolute Gasteiger partial charge is 0.265 e. The average molecular weight is 503 g/mol. The quantitative estimate of drug-likeness (QED) is 0.421. The summed E-state index contributed by atoms with van der Waals surface area (Å²) in [5.74, 6) is 0.0455. The molecule has 1 aliphatic heterocycles. The van der Waals surface area contributed by atoms with Crippen molar-refractivity contribution in [1.82, 2.24) is 4.90 Å². The van der Waals surface area contributed by atoms with Gasteiger partial charge in [0.2, 0.25) is 5.91 Å². The van der Waals surface area contributed by atoms with Crippen molar-refractivity contribution in [1.29, 1.82) is 0 Å². The highest BCUT2D eigenvalue weighted by atomic mass is 19.1. The highest BCUT2D eigenvalue weighted by molar-refractivity contribution is 5.94. The summed E-state index contributed by atoms with van der Waals surface area (Å²) in [7, 11) is 0. The van der Waals surface area contributed by atoms with Crippen LogP contribution in [0.3, 0.4) is 0 Å². The number of hydrogen-bond donors (Lipinski definition) is 1. The number of aryl methyl sites for hydroxylation is 1. The fourth-order valence-electron chi connectivity index (χ4n) is 4.67. The first-order chi connectivity index (χ1) is 17.6. The Labute approximate surface area is 218 Å². The molecule has 0 spiro atoms. The largest absolute Gasteiger partial charge is 0.481 e. The molecule has 0 saturated heterocycles. The van der Waals surface area contributed by atoms with Crippen LogP contribution in [0.4, 0.5) is 10.1 Å². The zero-order chi connectivity index (χ0) is 26.7. The number of amides is 2. The second-order valence-electron chi connectivity index (χ2n) is 10.7. The molecule has 0 fully saturated rings. The van der Waals surface area contributed by atoms with E-state index in [-0.39, 0.29) is 23.7 Å². The van der Waals surface area contributed by atoms with Crippen molar-refractivity contribution >= 4 is 17.5 Å². The van der Waals surface area contributed by atoms with Crippen LogP contribution in [0.15, 0.2) is 66.7 Å². The maximum atomic E-state index is 13.8. The zero-order valence-corrected chi connectivity index (χ0v) is 22.2. The fourth-order valence-corrected chi connectivity index (χ4v) is 4.67. The predicted molar refractivity (Wildman–Crippen MR) is 144 cm³/mol. The monoisotopic (exact) mass is 502 g/mol. The first-order valence-electron chi connectivity index (χ1n) is 12.8. The molecule has 5 nitrogen and oxygen atoms in total. The molecule has 4 rings (SSSR count). The number of anilines is 1. The third-order valence-corrected chi connectivity index (χ3v) is 6.69. The lowest BCUT2D eigenvalue weighted by molar-refractivity contribution is -0.141. The highest BCUT2D eigenvalue weighted by Gasteiger charge is 2.37. The van der Waals surface area contributed by atoms with Crippen LogP contribution in [0.5, 0.6) is 5.75 Å². The van der Waals surface area contributed by atoms with E-state index in [1.54, 1.807) is 12.1 Å². The molecule has 0 unspecified atom stereocenters. The normalized spacial score (nSPS) is 16.1. The van der Waals surface area contributed by atoms with Gasteiger partial charge >= 0.3 is 0 Å². The molecule has 0 aliphatic carbocycles. The van der Waals surface area contributed by atoms with Crippen molar-refractivity contribution in [2.45, 2.75) is 59.6 Å². The lowest BCUT2D eigenvalue weighted by Crippen LogP contribution is -2.45. The summed E-state index contributed by atoms with van der Waals surface area (Å²) < 4.78 is 19.9. The summed E-state index contributed by atoms with van der Waals surface area (Å²) in [4.78, 5) is 28.3. The van der Waals surface area contributed by atoms with Gasteiger partial charge in [-0.15, -0.1) is 0 Å². The summed E-state index contributed by atoms with van der Waals surface area (Å²) >= 11 is 0. The maximum absolute atomic E-state index is 13.8. The van der Waals surface area contributed by atoms with Gasteiger partial charge in [0.25, 0.3) is 5.91 Å². The molecule has 1 heterocycles. The number of nitrogens with one attached hydrogen (secondary N) is 1. The molecule has 3 aromatic rings. The van der Waals surface area contributed by atoms with E-state index in [9.17, 15) is 14.0 Å². The Morgan fingerprint density at radius 1 is 1.05 bits per heavy atom. The van der Waals surface area contributed by atoms with Crippen LogP contribution in [-0.2, 0) is 16.0 Å². The van der Waals surface area contributed by atoms with E-state index >= 15 is 0 Å². The van der Waals surface area contributed by atoms with Crippen molar-refractivity contribution in [3.05, 3.63) is 94.8 Å². The molecule has 0 bridgehead atoms. The van der Waals surface area contributed by atoms with Crippen molar-refractivity contribution in [2.75, 3.05) is 11.9 Å². The van der Waals surface area contributed by atoms with Crippen molar-refractivity contribution < 1.29 is 18.7 Å². The summed E-state index contributed by atoms with van der Waals surface area (Å²) in [6.45, 7) is 10.2. The molecule has 37 heavy (non-hydrogen) atoms. The second kappa shape index (κ2) is 10.8. The topological polar surface area (TPSA) is 58.6 Å². The minimum Gasteiger partial charge on any atom is -0.481 e. The van der Waals surface area contributed by atoms with E-state index in [1.807, 2.05) is 82.0 Å².